The quantitative estimate of drug-likeness (QED) is 0.922. The number of aromatic nitrogens is 1. The van der Waals surface area contributed by atoms with Crippen LogP contribution in [-0.4, -0.2) is 34.6 Å². The van der Waals surface area contributed by atoms with Crippen LogP contribution in [0.25, 0.3) is 0 Å². The van der Waals surface area contributed by atoms with Crippen molar-refractivity contribution in [3.05, 3.63) is 29.6 Å². The first-order chi connectivity index (χ1) is 10.2. The summed E-state index contributed by atoms with van der Waals surface area (Å²) in [5.74, 6) is 1.82. The van der Waals surface area contributed by atoms with Gasteiger partial charge in [-0.05, 0) is 63.0 Å². The normalized spacial score (nSPS) is 34.1. The fourth-order valence-electron chi connectivity index (χ4n) is 4.05. The van der Waals surface area contributed by atoms with Gasteiger partial charge in [-0.15, -0.1) is 0 Å². The molecule has 1 N–H and O–H groups in total. The SMILES string of the molecule is Cc1cccnc1CN1CC(C)(C2CC2)NCC1C1CC1. The number of pyridine rings is 1. The average Bonchev–Trinajstić information content (AvgIpc) is 3.34. The van der Waals surface area contributed by atoms with Gasteiger partial charge in [0.25, 0.3) is 0 Å². The molecule has 4 rings (SSSR count). The predicted molar refractivity (Wildman–Crippen MR) is 85.0 cm³/mol. The molecule has 114 valence electrons. The van der Waals surface area contributed by atoms with Crippen LogP contribution >= 0.6 is 0 Å². The van der Waals surface area contributed by atoms with Crippen LogP contribution in [0.5, 0.6) is 0 Å². The van der Waals surface area contributed by atoms with Crippen molar-refractivity contribution in [3.63, 3.8) is 0 Å². The third kappa shape index (κ3) is 2.74. The molecular formula is C18H27N3. The third-order valence-electron chi connectivity index (χ3n) is 5.83. The lowest BCUT2D eigenvalue weighted by Gasteiger charge is -2.47. The van der Waals surface area contributed by atoms with E-state index in [-0.39, 0.29) is 0 Å². The molecule has 0 aromatic carbocycles. The molecular weight excluding hydrogens is 258 g/mol. The van der Waals surface area contributed by atoms with E-state index in [1.54, 1.807) is 0 Å². The zero-order chi connectivity index (χ0) is 14.4. The molecule has 2 aliphatic carbocycles. The van der Waals surface area contributed by atoms with Gasteiger partial charge in [-0.2, -0.15) is 0 Å². The van der Waals surface area contributed by atoms with E-state index in [2.05, 4.69) is 35.1 Å². The second-order valence-corrected chi connectivity index (χ2v) is 7.65. The predicted octanol–water partition coefficient (Wildman–Crippen LogP) is 2.74. The van der Waals surface area contributed by atoms with Crippen molar-refractivity contribution < 1.29 is 0 Å². The van der Waals surface area contributed by atoms with Crippen LogP contribution in [-0.2, 0) is 6.54 Å². The number of hydrogen-bond acceptors (Lipinski definition) is 3. The van der Waals surface area contributed by atoms with Crippen molar-refractivity contribution in [2.45, 2.75) is 57.7 Å². The summed E-state index contributed by atoms with van der Waals surface area (Å²) in [7, 11) is 0. The van der Waals surface area contributed by atoms with Crippen LogP contribution in [0.15, 0.2) is 18.3 Å². The summed E-state index contributed by atoms with van der Waals surface area (Å²) >= 11 is 0. The summed E-state index contributed by atoms with van der Waals surface area (Å²) in [6.07, 6.45) is 7.60. The Morgan fingerprint density at radius 2 is 2.14 bits per heavy atom. The van der Waals surface area contributed by atoms with Gasteiger partial charge in [0.1, 0.15) is 0 Å². The maximum Gasteiger partial charge on any atom is 0.0573 e. The van der Waals surface area contributed by atoms with Gasteiger partial charge in [-0.25, -0.2) is 0 Å². The highest BCUT2D eigenvalue weighted by Gasteiger charge is 2.48. The number of aryl methyl sites for hydroxylation is 1. The first-order valence-corrected chi connectivity index (χ1v) is 8.55. The lowest BCUT2D eigenvalue weighted by molar-refractivity contribution is 0.0567. The first kappa shape index (κ1) is 13.7. The van der Waals surface area contributed by atoms with E-state index in [0.717, 1.165) is 24.4 Å². The molecule has 0 spiro atoms. The molecule has 2 heterocycles. The highest BCUT2D eigenvalue weighted by Crippen LogP contribution is 2.44. The lowest BCUT2D eigenvalue weighted by Crippen LogP contribution is -2.64. The number of nitrogens with one attached hydrogen (secondary N) is 1. The maximum absolute atomic E-state index is 4.63. The first-order valence-electron chi connectivity index (χ1n) is 8.55. The Morgan fingerprint density at radius 1 is 1.33 bits per heavy atom. The Labute approximate surface area is 128 Å². The fourth-order valence-corrected chi connectivity index (χ4v) is 4.05. The van der Waals surface area contributed by atoms with E-state index in [0.29, 0.717) is 5.54 Å². The van der Waals surface area contributed by atoms with Gasteiger partial charge >= 0.3 is 0 Å². The molecule has 3 heteroatoms. The van der Waals surface area contributed by atoms with E-state index in [1.807, 2.05) is 12.3 Å². The minimum absolute atomic E-state index is 0.327. The van der Waals surface area contributed by atoms with Gasteiger partial charge in [-0.1, -0.05) is 6.07 Å². The van der Waals surface area contributed by atoms with Crippen molar-refractivity contribution in [1.82, 2.24) is 15.2 Å². The summed E-state index contributed by atoms with van der Waals surface area (Å²) in [5.41, 5.74) is 2.93. The van der Waals surface area contributed by atoms with Crippen LogP contribution in [0.2, 0.25) is 0 Å². The number of nitrogens with zero attached hydrogens (tertiary/aromatic N) is 2. The Balaban J connectivity index is 1.54. The molecule has 3 nitrogen and oxygen atoms in total. The molecule has 1 aromatic heterocycles. The molecule has 0 amide bonds. The second-order valence-electron chi connectivity index (χ2n) is 7.65. The molecule has 2 atom stereocenters. The molecule has 21 heavy (non-hydrogen) atoms. The van der Waals surface area contributed by atoms with E-state index < -0.39 is 0 Å². The average molecular weight is 285 g/mol. The van der Waals surface area contributed by atoms with Crippen LogP contribution in [0, 0.1) is 18.8 Å². The summed E-state index contributed by atoms with van der Waals surface area (Å²) in [4.78, 5) is 7.37. The van der Waals surface area contributed by atoms with E-state index in [9.17, 15) is 0 Å². The smallest absolute Gasteiger partial charge is 0.0573 e. The second kappa shape index (κ2) is 5.06. The molecule has 2 saturated carbocycles. The summed E-state index contributed by atoms with van der Waals surface area (Å²) in [6, 6.07) is 4.96. The van der Waals surface area contributed by atoms with Gasteiger partial charge in [0, 0.05) is 37.4 Å². The van der Waals surface area contributed by atoms with Gasteiger partial charge in [0.2, 0.25) is 0 Å². The Hall–Kier alpha value is -0.930. The minimum atomic E-state index is 0.327. The van der Waals surface area contributed by atoms with Crippen LogP contribution in [0.1, 0.15) is 43.9 Å². The number of piperazine rings is 1. The molecule has 3 fully saturated rings. The maximum atomic E-state index is 4.63. The van der Waals surface area contributed by atoms with Crippen molar-refractivity contribution in [2.75, 3.05) is 13.1 Å². The molecule has 0 bridgehead atoms. The largest absolute Gasteiger partial charge is 0.308 e. The number of rotatable bonds is 4. The number of hydrogen-bond donors (Lipinski definition) is 1. The highest BCUT2D eigenvalue weighted by molar-refractivity contribution is 5.18. The minimum Gasteiger partial charge on any atom is -0.308 e. The molecule has 0 radical (unpaired) electrons. The Kier molecular flexibility index (Phi) is 3.31. The van der Waals surface area contributed by atoms with E-state index in [4.69, 9.17) is 0 Å². The molecule has 1 saturated heterocycles. The standard InChI is InChI=1S/C18H27N3/c1-13-4-3-9-19-16(13)11-21-12-18(2,15-7-8-15)20-10-17(21)14-5-6-14/h3-4,9,14-15,17,20H,5-8,10-12H2,1-2H3. The van der Waals surface area contributed by atoms with Crippen LogP contribution < -0.4 is 5.32 Å². The summed E-state index contributed by atoms with van der Waals surface area (Å²) in [6.45, 7) is 8.01. The van der Waals surface area contributed by atoms with Crippen LogP contribution in [0.4, 0.5) is 0 Å². The van der Waals surface area contributed by atoms with Gasteiger partial charge in [-0.3, -0.25) is 9.88 Å². The van der Waals surface area contributed by atoms with Crippen molar-refractivity contribution in [2.24, 2.45) is 11.8 Å². The van der Waals surface area contributed by atoms with Crippen molar-refractivity contribution in [1.29, 1.82) is 0 Å². The molecule has 3 aliphatic rings. The zero-order valence-electron chi connectivity index (χ0n) is 13.3. The monoisotopic (exact) mass is 285 g/mol. The highest BCUT2D eigenvalue weighted by atomic mass is 15.3. The van der Waals surface area contributed by atoms with Crippen LogP contribution in [0.3, 0.4) is 0 Å². The molecule has 1 aromatic rings. The topological polar surface area (TPSA) is 28.2 Å². The van der Waals surface area contributed by atoms with Crippen molar-refractivity contribution in [3.8, 4) is 0 Å². The summed E-state index contributed by atoms with van der Waals surface area (Å²) in [5, 5.41) is 3.90. The third-order valence-corrected chi connectivity index (χ3v) is 5.83. The lowest BCUT2D eigenvalue weighted by atomic mass is 9.89. The van der Waals surface area contributed by atoms with Crippen molar-refractivity contribution >= 4 is 0 Å². The Bertz CT molecular complexity index is 521. The van der Waals surface area contributed by atoms with E-state index in [1.165, 1.54) is 50.0 Å². The molecule has 1 aliphatic heterocycles. The van der Waals surface area contributed by atoms with Gasteiger partial charge < -0.3 is 5.32 Å². The van der Waals surface area contributed by atoms with E-state index >= 15 is 0 Å². The summed E-state index contributed by atoms with van der Waals surface area (Å²) < 4.78 is 0. The zero-order valence-corrected chi connectivity index (χ0v) is 13.3. The van der Waals surface area contributed by atoms with Gasteiger partial charge in [0.05, 0.1) is 5.69 Å². The molecule has 2 unspecified atom stereocenters. The Morgan fingerprint density at radius 3 is 2.81 bits per heavy atom. The van der Waals surface area contributed by atoms with Gasteiger partial charge in [0.15, 0.2) is 0 Å². The fraction of sp³-hybridized carbons (Fsp3) is 0.722.